The van der Waals surface area contributed by atoms with Crippen LogP contribution in [-0.2, 0) is 6.18 Å². The van der Waals surface area contributed by atoms with Crippen LogP contribution in [0.25, 0.3) is 0 Å². The van der Waals surface area contributed by atoms with Gasteiger partial charge >= 0.3 is 12.2 Å². The number of halogens is 5. The predicted molar refractivity (Wildman–Crippen MR) is 101 cm³/mol. The van der Waals surface area contributed by atoms with Crippen LogP contribution in [0.4, 0.5) is 29.3 Å². The van der Waals surface area contributed by atoms with Crippen LogP contribution in [0.2, 0.25) is 10.0 Å². The summed E-state index contributed by atoms with van der Waals surface area (Å²) in [5.41, 5.74) is 0.216. The Kier molecular flexibility index (Phi) is 5.72. The Morgan fingerprint density at radius 2 is 1.67 bits per heavy atom. The molecule has 3 rings (SSSR count). The normalized spacial score (nSPS) is 15.0. The summed E-state index contributed by atoms with van der Waals surface area (Å²) in [6.07, 6.45) is -4.38. The van der Waals surface area contributed by atoms with E-state index in [0.717, 1.165) is 12.1 Å². The first-order valence-corrected chi connectivity index (χ1v) is 8.93. The van der Waals surface area contributed by atoms with Gasteiger partial charge in [0.25, 0.3) is 0 Å². The summed E-state index contributed by atoms with van der Waals surface area (Å²) in [6.45, 7) is 1.61. The molecule has 0 aliphatic carbocycles. The fourth-order valence-electron chi connectivity index (χ4n) is 2.84. The number of nitrogens with zero attached hydrogens (tertiary/aromatic N) is 2. The summed E-state index contributed by atoms with van der Waals surface area (Å²) in [5.74, 6) is 0. The molecule has 2 amide bonds. The molecule has 0 aromatic heterocycles. The largest absolute Gasteiger partial charge is 0.416 e. The van der Waals surface area contributed by atoms with Crippen LogP contribution in [0.1, 0.15) is 5.56 Å². The lowest BCUT2D eigenvalue weighted by atomic mass is 10.1. The van der Waals surface area contributed by atoms with Crippen molar-refractivity contribution < 1.29 is 18.0 Å². The summed E-state index contributed by atoms with van der Waals surface area (Å²) in [7, 11) is 0. The molecule has 0 atom stereocenters. The number of benzene rings is 2. The summed E-state index contributed by atoms with van der Waals surface area (Å²) in [6, 6.07) is 9.80. The van der Waals surface area contributed by atoms with Crippen molar-refractivity contribution in [2.75, 3.05) is 36.4 Å². The number of hydrogen-bond donors (Lipinski definition) is 1. The highest BCUT2D eigenvalue weighted by molar-refractivity contribution is 6.43. The zero-order valence-electron chi connectivity index (χ0n) is 14.1. The SMILES string of the molecule is O=C(Nc1cccc(Cl)c1Cl)N1CCN(c2cccc(C(F)(F)F)c2)CC1. The Labute approximate surface area is 164 Å². The molecule has 1 heterocycles. The van der Waals surface area contributed by atoms with Crippen molar-refractivity contribution in [3.63, 3.8) is 0 Å². The maximum absolute atomic E-state index is 12.9. The van der Waals surface area contributed by atoms with E-state index in [1.807, 2.05) is 4.90 Å². The lowest BCUT2D eigenvalue weighted by Gasteiger charge is -2.36. The molecule has 0 radical (unpaired) electrons. The molecule has 1 aliphatic heterocycles. The minimum atomic E-state index is -4.38. The summed E-state index contributed by atoms with van der Waals surface area (Å²) >= 11 is 12.0. The van der Waals surface area contributed by atoms with E-state index in [0.29, 0.717) is 42.6 Å². The second-order valence-corrected chi connectivity index (χ2v) is 6.84. The summed E-state index contributed by atoms with van der Waals surface area (Å²) in [5, 5.41) is 3.30. The van der Waals surface area contributed by atoms with Crippen molar-refractivity contribution in [2.24, 2.45) is 0 Å². The van der Waals surface area contributed by atoms with Crippen LogP contribution < -0.4 is 10.2 Å². The van der Waals surface area contributed by atoms with Crippen molar-refractivity contribution in [2.45, 2.75) is 6.18 Å². The van der Waals surface area contributed by atoms with Gasteiger partial charge in [-0.2, -0.15) is 13.2 Å². The number of rotatable bonds is 2. The molecular formula is C18H16Cl2F3N3O. The van der Waals surface area contributed by atoms with E-state index in [1.165, 1.54) is 6.07 Å². The fraction of sp³-hybridized carbons (Fsp3) is 0.278. The van der Waals surface area contributed by atoms with Crippen molar-refractivity contribution in [1.82, 2.24) is 4.90 Å². The second kappa shape index (κ2) is 7.86. The average Bonchev–Trinajstić information content (AvgIpc) is 2.65. The first-order valence-electron chi connectivity index (χ1n) is 8.18. The Morgan fingerprint density at radius 3 is 2.33 bits per heavy atom. The molecule has 4 nitrogen and oxygen atoms in total. The van der Waals surface area contributed by atoms with Crippen molar-refractivity contribution in [1.29, 1.82) is 0 Å². The molecule has 1 saturated heterocycles. The molecule has 2 aromatic carbocycles. The molecule has 0 spiro atoms. The quantitative estimate of drug-likeness (QED) is 0.712. The summed E-state index contributed by atoms with van der Waals surface area (Å²) < 4.78 is 38.6. The van der Waals surface area contributed by atoms with Gasteiger partial charge in [-0.05, 0) is 30.3 Å². The molecule has 1 N–H and O–H groups in total. The number of hydrogen-bond acceptors (Lipinski definition) is 2. The molecular weight excluding hydrogens is 402 g/mol. The van der Waals surface area contributed by atoms with Crippen LogP contribution >= 0.6 is 23.2 Å². The number of anilines is 2. The first-order chi connectivity index (χ1) is 12.8. The van der Waals surface area contributed by atoms with Gasteiger partial charge in [0.15, 0.2) is 0 Å². The van der Waals surface area contributed by atoms with Crippen LogP contribution in [0, 0.1) is 0 Å². The standard InChI is InChI=1S/C18H16Cl2F3N3O/c19-14-5-2-6-15(16(14)20)24-17(27)26-9-7-25(8-10-26)13-4-1-3-12(11-13)18(21,22)23/h1-6,11H,7-10H2,(H,24,27). The topological polar surface area (TPSA) is 35.6 Å². The van der Waals surface area contributed by atoms with E-state index in [-0.39, 0.29) is 11.1 Å². The Balaban J connectivity index is 1.62. The molecule has 1 aliphatic rings. The predicted octanol–water partition coefficient (Wildman–Crippen LogP) is 5.37. The van der Waals surface area contributed by atoms with E-state index in [1.54, 1.807) is 29.2 Å². The van der Waals surface area contributed by atoms with Gasteiger partial charge in [-0.15, -0.1) is 0 Å². The highest BCUT2D eigenvalue weighted by Gasteiger charge is 2.31. The molecule has 0 saturated carbocycles. The van der Waals surface area contributed by atoms with Gasteiger partial charge in [-0.1, -0.05) is 35.3 Å². The van der Waals surface area contributed by atoms with E-state index in [9.17, 15) is 18.0 Å². The van der Waals surface area contributed by atoms with Gasteiger partial charge in [-0.25, -0.2) is 4.79 Å². The van der Waals surface area contributed by atoms with Crippen LogP contribution in [0.15, 0.2) is 42.5 Å². The van der Waals surface area contributed by atoms with E-state index < -0.39 is 11.7 Å². The monoisotopic (exact) mass is 417 g/mol. The average molecular weight is 418 g/mol. The van der Waals surface area contributed by atoms with Gasteiger partial charge < -0.3 is 15.1 Å². The minimum absolute atomic E-state index is 0.259. The fourth-order valence-corrected chi connectivity index (χ4v) is 3.19. The lowest BCUT2D eigenvalue weighted by molar-refractivity contribution is -0.137. The van der Waals surface area contributed by atoms with Crippen LogP contribution in [0.3, 0.4) is 0 Å². The number of carbonyl (C=O) groups is 1. The third kappa shape index (κ3) is 4.59. The van der Waals surface area contributed by atoms with Gasteiger partial charge in [0.2, 0.25) is 0 Å². The van der Waals surface area contributed by atoms with Crippen molar-refractivity contribution in [3.05, 3.63) is 58.1 Å². The van der Waals surface area contributed by atoms with Crippen LogP contribution in [-0.4, -0.2) is 37.1 Å². The Bertz CT molecular complexity index is 837. The van der Waals surface area contributed by atoms with Gasteiger partial charge in [-0.3, -0.25) is 0 Å². The van der Waals surface area contributed by atoms with Crippen molar-refractivity contribution in [3.8, 4) is 0 Å². The zero-order chi connectivity index (χ0) is 19.6. The van der Waals surface area contributed by atoms with Gasteiger partial charge in [0.05, 0.1) is 21.3 Å². The lowest BCUT2D eigenvalue weighted by Crippen LogP contribution is -2.50. The van der Waals surface area contributed by atoms with E-state index in [2.05, 4.69) is 5.32 Å². The smallest absolute Gasteiger partial charge is 0.368 e. The molecule has 27 heavy (non-hydrogen) atoms. The molecule has 2 aromatic rings. The molecule has 144 valence electrons. The Hall–Kier alpha value is -2.12. The van der Waals surface area contributed by atoms with Gasteiger partial charge in [0.1, 0.15) is 0 Å². The molecule has 0 bridgehead atoms. The number of piperazine rings is 1. The number of nitrogens with one attached hydrogen (secondary N) is 1. The number of alkyl halides is 3. The number of carbonyl (C=O) groups excluding carboxylic acids is 1. The second-order valence-electron chi connectivity index (χ2n) is 6.05. The third-order valence-corrected chi connectivity index (χ3v) is 5.12. The minimum Gasteiger partial charge on any atom is -0.368 e. The van der Waals surface area contributed by atoms with E-state index >= 15 is 0 Å². The molecule has 9 heteroatoms. The van der Waals surface area contributed by atoms with Gasteiger partial charge in [0, 0.05) is 31.9 Å². The zero-order valence-corrected chi connectivity index (χ0v) is 15.6. The number of urea groups is 1. The highest BCUT2D eigenvalue weighted by atomic mass is 35.5. The summed E-state index contributed by atoms with van der Waals surface area (Å²) in [4.78, 5) is 15.8. The molecule has 1 fully saturated rings. The van der Waals surface area contributed by atoms with E-state index in [4.69, 9.17) is 23.2 Å². The highest BCUT2D eigenvalue weighted by Crippen LogP contribution is 2.32. The first kappa shape index (κ1) is 19.6. The molecule has 0 unspecified atom stereocenters. The third-order valence-electron chi connectivity index (χ3n) is 4.30. The van der Waals surface area contributed by atoms with Crippen molar-refractivity contribution >= 4 is 40.6 Å². The Morgan fingerprint density at radius 1 is 1.00 bits per heavy atom. The maximum Gasteiger partial charge on any atom is 0.416 e. The number of amides is 2. The maximum atomic E-state index is 12.9. The van der Waals surface area contributed by atoms with Crippen LogP contribution in [0.5, 0.6) is 0 Å².